The van der Waals surface area contributed by atoms with Crippen molar-refractivity contribution >= 4 is 17.3 Å². The van der Waals surface area contributed by atoms with Gasteiger partial charge in [-0.15, -0.1) is 0 Å². The van der Waals surface area contributed by atoms with Crippen molar-refractivity contribution in [2.75, 3.05) is 17.2 Å². The lowest BCUT2D eigenvalue weighted by atomic mass is 9.93. The van der Waals surface area contributed by atoms with E-state index in [1.54, 1.807) is 12.1 Å². The summed E-state index contributed by atoms with van der Waals surface area (Å²) < 4.78 is 13.8. The van der Waals surface area contributed by atoms with Gasteiger partial charge in [0.1, 0.15) is 5.82 Å². The molecule has 0 fully saturated rings. The van der Waals surface area contributed by atoms with E-state index in [2.05, 4.69) is 10.6 Å². The molecule has 1 heterocycles. The number of anilines is 2. The summed E-state index contributed by atoms with van der Waals surface area (Å²) in [5.41, 5.74) is 3.26. The van der Waals surface area contributed by atoms with Crippen LogP contribution in [0.2, 0.25) is 0 Å². The number of fused-ring (bicyclic) bond motifs is 1. The van der Waals surface area contributed by atoms with E-state index >= 15 is 0 Å². The second-order valence-corrected chi connectivity index (χ2v) is 5.41. The van der Waals surface area contributed by atoms with Crippen molar-refractivity contribution in [2.45, 2.75) is 13.3 Å². The third kappa shape index (κ3) is 2.89. The number of halogens is 1. The number of aryl methyl sites for hydroxylation is 1. The Balaban J connectivity index is 1.72. The molecular weight excluding hydrogens is 267 g/mol. The Bertz CT molecular complexity index is 684. The maximum absolute atomic E-state index is 13.8. The topological polar surface area (TPSA) is 41.1 Å². The molecule has 2 N–H and O–H groups in total. The van der Waals surface area contributed by atoms with E-state index in [4.69, 9.17) is 0 Å². The van der Waals surface area contributed by atoms with Gasteiger partial charge in [-0.3, -0.25) is 4.79 Å². The minimum absolute atomic E-state index is 0.153. The first-order valence-corrected chi connectivity index (χ1v) is 7.02. The Morgan fingerprint density at radius 2 is 2.10 bits per heavy atom. The third-order valence-corrected chi connectivity index (χ3v) is 3.78. The highest BCUT2D eigenvalue weighted by Gasteiger charge is 2.24. The lowest BCUT2D eigenvalue weighted by Crippen LogP contribution is -2.33. The number of hydrogen-bond acceptors (Lipinski definition) is 2. The van der Waals surface area contributed by atoms with Gasteiger partial charge in [0.2, 0.25) is 5.91 Å². The number of hydrogen-bond donors (Lipinski definition) is 2. The molecule has 0 radical (unpaired) electrons. The summed E-state index contributed by atoms with van der Waals surface area (Å²) in [7, 11) is 0. The van der Waals surface area contributed by atoms with E-state index in [0.717, 1.165) is 16.8 Å². The van der Waals surface area contributed by atoms with Crippen molar-refractivity contribution < 1.29 is 9.18 Å². The lowest BCUT2D eigenvalue weighted by Gasteiger charge is -2.25. The normalized spacial score (nSPS) is 16.8. The predicted molar refractivity (Wildman–Crippen MR) is 81.9 cm³/mol. The van der Waals surface area contributed by atoms with Gasteiger partial charge in [0.15, 0.2) is 0 Å². The molecule has 3 nitrogen and oxygen atoms in total. The van der Waals surface area contributed by atoms with E-state index in [9.17, 15) is 9.18 Å². The molecule has 2 aromatic carbocycles. The minimum atomic E-state index is -0.396. The van der Waals surface area contributed by atoms with Gasteiger partial charge in [-0.1, -0.05) is 24.3 Å². The average Bonchev–Trinajstić information content (AvgIpc) is 2.49. The molecule has 0 saturated heterocycles. The molecule has 1 aliphatic rings. The molecule has 0 saturated carbocycles. The summed E-state index contributed by atoms with van der Waals surface area (Å²) in [6.45, 7) is 2.38. The van der Waals surface area contributed by atoms with E-state index in [0.29, 0.717) is 13.0 Å². The van der Waals surface area contributed by atoms with Gasteiger partial charge < -0.3 is 10.6 Å². The highest BCUT2D eigenvalue weighted by molar-refractivity contribution is 5.93. The Labute approximate surface area is 123 Å². The van der Waals surface area contributed by atoms with Crippen molar-refractivity contribution in [1.82, 2.24) is 0 Å². The van der Waals surface area contributed by atoms with Gasteiger partial charge in [0.05, 0.1) is 11.6 Å². The molecule has 0 spiro atoms. The Morgan fingerprint density at radius 3 is 2.90 bits per heavy atom. The van der Waals surface area contributed by atoms with Gasteiger partial charge >= 0.3 is 0 Å². The van der Waals surface area contributed by atoms with Crippen molar-refractivity contribution in [3.05, 3.63) is 59.4 Å². The van der Waals surface area contributed by atoms with Crippen LogP contribution in [0.3, 0.4) is 0 Å². The Kier molecular flexibility index (Phi) is 3.60. The number of carbonyl (C=O) groups excluding carboxylic acids is 1. The molecule has 3 rings (SSSR count). The van der Waals surface area contributed by atoms with Crippen LogP contribution in [0, 0.1) is 18.7 Å². The highest BCUT2D eigenvalue weighted by Crippen LogP contribution is 2.25. The largest absolute Gasteiger partial charge is 0.384 e. The molecule has 2 aromatic rings. The molecule has 1 aliphatic heterocycles. The quantitative estimate of drug-likeness (QED) is 0.888. The minimum Gasteiger partial charge on any atom is -0.384 e. The van der Waals surface area contributed by atoms with Crippen LogP contribution in [-0.4, -0.2) is 12.5 Å². The van der Waals surface area contributed by atoms with Crippen LogP contribution in [0.25, 0.3) is 0 Å². The second kappa shape index (κ2) is 5.56. The lowest BCUT2D eigenvalue weighted by molar-refractivity contribution is -0.119. The van der Waals surface area contributed by atoms with Gasteiger partial charge in [0, 0.05) is 12.2 Å². The second-order valence-electron chi connectivity index (χ2n) is 5.41. The number of rotatable bonds is 2. The Hall–Kier alpha value is -2.36. The van der Waals surface area contributed by atoms with Gasteiger partial charge in [-0.2, -0.15) is 0 Å². The van der Waals surface area contributed by atoms with Crippen LogP contribution in [0.15, 0.2) is 42.5 Å². The fourth-order valence-corrected chi connectivity index (χ4v) is 2.58. The summed E-state index contributed by atoms with van der Waals surface area (Å²) in [5.74, 6) is -0.743. The molecule has 21 heavy (non-hydrogen) atoms. The van der Waals surface area contributed by atoms with Gasteiger partial charge in [-0.25, -0.2) is 4.39 Å². The van der Waals surface area contributed by atoms with E-state index < -0.39 is 5.82 Å². The van der Waals surface area contributed by atoms with E-state index in [-0.39, 0.29) is 17.5 Å². The summed E-state index contributed by atoms with van der Waals surface area (Å²) in [6, 6.07) is 12.7. The van der Waals surface area contributed by atoms with Gasteiger partial charge in [0.25, 0.3) is 0 Å². The number of nitrogens with one attached hydrogen (secondary N) is 2. The molecule has 108 valence electrons. The number of para-hydroxylation sites is 1. The van der Waals surface area contributed by atoms with Crippen LogP contribution in [0.1, 0.15) is 11.1 Å². The standard InChI is InChI=1S/C17H17FN2O/c1-11-6-7-16(14(18)8-11)20-17(21)13-9-12-4-2-3-5-15(12)19-10-13/h2-8,13,19H,9-10H2,1H3,(H,20,21). The molecule has 1 amide bonds. The number of carbonyl (C=O) groups is 1. The molecule has 1 unspecified atom stereocenters. The maximum Gasteiger partial charge on any atom is 0.229 e. The van der Waals surface area contributed by atoms with Crippen LogP contribution in [0.5, 0.6) is 0 Å². The molecule has 0 aliphatic carbocycles. The van der Waals surface area contributed by atoms with Crippen molar-refractivity contribution in [1.29, 1.82) is 0 Å². The van der Waals surface area contributed by atoms with Crippen molar-refractivity contribution in [2.24, 2.45) is 5.92 Å². The predicted octanol–water partition coefficient (Wildman–Crippen LogP) is 3.36. The molecular formula is C17H17FN2O. The van der Waals surface area contributed by atoms with Crippen LogP contribution < -0.4 is 10.6 Å². The third-order valence-electron chi connectivity index (χ3n) is 3.78. The first kappa shape index (κ1) is 13.6. The number of amides is 1. The zero-order valence-corrected chi connectivity index (χ0v) is 11.8. The summed E-state index contributed by atoms with van der Waals surface area (Å²) >= 11 is 0. The number of benzene rings is 2. The molecule has 4 heteroatoms. The van der Waals surface area contributed by atoms with Crippen LogP contribution in [-0.2, 0) is 11.2 Å². The Morgan fingerprint density at radius 1 is 1.29 bits per heavy atom. The summed E-state index contributed by atoms with van der Waals surface area (Å²) in [6.07, 6.45) is 0.669. The fraction of sp³-hybridized carbons (Fsp3) is 0.235. The smallest absolute Gasteiger partial charge is 0.229 e. The fourth-order valence-electron chi connectivity index (χ4n) is 2.58. The SMILES string of the molecule is Cc1ccc(NC(=O)C2CNc3ccccc3C2)c(F)c1. The van der Waals surface area contributed by atoms with Crippen LogP contribution >= 0.6 is 0 Å². The zero-order valence-electron chi connectivity index (χ0n) is 11.8. The van der Waals surface area contributed by atoms with Crippen molar-refractivity contribution in [3.63, 3.8) is 0 Å². The zero-order chi connectivity index (χ0) is 14.8. The highest BCUT2D eigenvalue weighted by atomic mass is 19.1. The molecule has 0 bridgehead atoms. The molecule has 0 aromatic heterocycles. The summed E-state index contributed by atoms with van der Waals surface area (Å²) in [4.78, 5) is 12.3. The first-order valence-electron chi connectivity index (χ1n) is 7.02. The summed E-state index contributed by atoms with van der Waals surface area (Å²) in [5, 5.41) is 5.93. The van der Waals surface area contributed by atoms with Crippen LogP contribution in [0.4, 0.5) is 15.8 Å². The maximum atomic E-state index is 13.8. The average molecular weight is 284 g/mol. The monoisotopic (exact) mass is 284 g/mol. The van der Waals surface area contributed by atoms with E-state index in [1.165, 1.54) is 6.07 Å². The van der Waals surface area contributed by atoms with E-state index in [1.807, 2.05) is 31.2 Å². The van der Waals surface area contributed by atoms with Gasteiger partial charge in [-0.05, 0) is 42.7 Å². The molecule has 1 atom stereocenters. The van der Waals surface area contributed by atoms with Crippen molar-refractivity contribution in [3.8, 4) is 0 Å². The first-order chi connectivity index (χ1) is 10.1.